The van der Waals surface area contributed by atoms with Gasteiger partial charge in [0.25, 0.3) is 0 Å². The van der Waals surface area contributed by atoms with Crippen molar-refractivity contribution in [1.82, 2.24) is 20.2 Å². The van der Waals surface area contributed by atoms with Gasteiger partial charge in [0.05, 0.1) is 25.4 Å². The molecule has 11 heteroatoms. The molecule has 6 bridgehead atoms. The van der Waals surface area contributed by atoms with Crippen LogP contribution in [-0.2, 0) is 16.1 Å². The van der Waals surface area contributed by atoms with Crippen molar-refractivity contribution in [3.8, 4) is 11.5 Å². The largest absolute Gasteiger partial charge is 0.487 e. The Bertz CT molecular complexity index is 1450. The van der Waals surface area contributed by atoms with Crippen LogP contribution in [-0.4, -0.2) is 106 Å². The van der Waals surface area contributed by atoms with Crippen molar-refractivity contribution < 1.29 is 24.1 Å². The molecule has 1 fully saturated rings. The number of fused-ring (bicyclic) bond motifs is 4. The van der Waals surface area contributed by atoms with Gasteiger partial charge in [0, 0.05) is 50.4 Å². The predicted octanol–water partition coefficient (Wildman–Crippen LogP) is 7.86. The molecule has 0 saturated heterocycles. The summed E-state index contributed by atoms with van der Waals surface area (Å²) in [4.78, 5) is 14.3. The number of anilines is 2. The average molecular weight is 753 g/mol. The number of nitrogens with zero attached hydrogens (tertiary/aromatic N) is 4. The van der Waals surface area contributed by atoms with Crippen LogP contribution in [0.4, 0.5) is 11.5 Å². The number of ether oxygens (including phenoxy) is 4. The summed E-state index contributed by atoms with van der Waals surface area (Å²) in [6, 6.07) is 10.9. The van der Waals surface area contributed by atoms with Crippen LogP contribution in [0, 0.1) is 5.92 Å². The lowest BCUT2D eigenvalue weighted by atomic mass is 10.0. The summed E-state index contributed by atoms with van der Waals surface area (Å²) in [6.07, 6.45) is 9.53. The van der Waals surface area contributed by atoms with E-state index in [1.807, 2.05) is 27.8 Å². The summed E-state index contributed by atoms with van der Waals surface area (Å²) in [7, 11) is 4.15. The van der Waals surface area contributed by atoms with Gasteiger partial charge in [-0.1, -0.05) is 38.1 Å². The van der Waals surface area contributed by atoms with E-state index < -0.39 is 0 Å². The second-order valence-corrected chi connectivity index (χ2v) is 14.4. The molecule has 1 aromatic heterocycles. The Labute approximate surface area is 326 Å². The van der Waals surface area contributed by atoms with Crippen LogP contribution in [0.3, 0.4) is 0 Å². The first kappa shape index (κ1) is 45.2. The number of nitrogens with one attached hydrogen (secondary N) is 2. The minimum atomic E-state index is -0.167. The molecule has 3 aromatic rings. The average Bonchev–Trinajstić information content (AvgIpc) is 3.99. The topological polar surface area (TPSA) is 113 Å². The van der Waals surface area contributed by atoms with Crippen LogP contribution < -0.4 is 25.0 Å². The molecule has 1 unspecified atom stereocenters. The maximum atomic E-state index is 8.06. The molecular formula is C43H72N6O5. The quantitative estimate of drug-likeness (QED) is 0.205. The van der Waals surface area contributed by atoms with Gasteiger partial charge in [-0.2, -0.15) is 0 Å². The van der Waals surface area contributed by atoms with Gasteiger partial charge in [0.2, 0.25) is 0 Å². The number of rotatable bonds is 7. The molecule has 54 heavy (non-hydrogen) atoms. The normalized spacial score (nSPS) is 18.2. The first-order chi connectivity index (χ1) is 26.3. The summed E-state index contributed by atoms with van der Waals surface area (Å²) in [6.45, 7) is 21.2. The van der Waals surface area contributed by atoms with Gasteiger partial charge in [0.15, 0.2) is 11.5 Å². The third-order valence-electron chi connectivity index (χ3n) is 9.19. The Hall–Kier alpha value is -3.22. The molecular weight excluding hydrogens is 681 g/mol. The molecule has 0 radical (unpaired) electrons. The van der Waals surface area contributed by atoms with Crippen molar-refractivity contribution in [2.75, 3.05) is 90.1 Å². The van der Waals surface area contributed by atoms with Crippen LogP contribution >= 0.6 is 0 Å². The summed E-state index contributed by atoms with van der Waals surface area (Å²) >= 11 is 0. The molecule has 11 nitrogen and oxygen atoms in total. The Balaban J connectivity index is 0.000000482. The number of aliphatic hydroxyl groups is 1. The number of hydrogen-bond acceptors (Lipinski definition) is 11. The molecule has 3 aliphatic rings. The second-order valence-electron chi connectivity index (χ2n) is 14.4. The smallest absolute Gasteiger partial charge is 0.189 e. The molecule has 0 amide bonds. The first-order valence-electron chi connectivity index (χ1n) is 20.6. The summed E-state index contributed by atoms with van der Waals surface area (Å²) < 4.78 is 23.9. The minimum Gasteiger partial charge on any atom is -0.487 e. The van der Waals surface area contributed by atoms with Crippen molar-refractivity contribution in [3.05, 3.63) is 47.8 Å². The lowest BCUT2D eigenvalue weighted by Gasteiger charge is -2.33. The standard InChI is InChI=1S/C32H43N5O3.C6H15NO.C3H8O.C2H6/c1-23-26-9-6-8-25(18-26)21-38-15-7-13-36(2)12-4-3-5-16-39-31-29-27(32(35-23)34-22-33-29)19-28-30(31)40-17-14-37(28)20-24-10-11-24;1-3-8-6-4-5-7-2;1-3(2)4;1-2/h6,8-9,18-19,22-24H,3-5,7,10-17,20-21H2,1-2H3,(H,33,34,35);7H,3-6H2,1-2H3;3-4H,1-2H3;1-2H3. The second kappa shape index (κ2) is 25.8. The van der Waals surface area contributed by atoms with Gasteiger partial charge in [-0.3, -0.25) is 0 Å². The van der Waals surface area contributed by atoms with Gasteiger partial charge in [-0.25, -0.2) is 9.97 Å². The summed E-state index contributed by atoms with van der Waals surface area (Å²) in [5.41, 5.74) is 4.30. The van der Waals surface area contributed by atoms with E-state index in [1.54, 1.807) is 20.2 Å². The van der Waals surface area contributed by atoms with Crippen LogP contribution in [0.25, 0.3) is 10.9 Å². The maximum Gasteiger partial charge on any atom is 0.189 e. The van der Waals surface area contributed by atoms with Gasteiger partial charge in [0.1, 0.15) is 24.3 Å². The third-order valence-corrected chi connectivity index (χ3v) is 9.19. The number of aliphatic hydroxyl groups excluding tert-OH is 1. The number of aromatic nitrogens is 2. The third kappa shape index (κ3) is 15.9. The van der Waals surface area contributed by atoms with E-state index in [4.69, 9.17) is 34.0 Å². The molecule has 2 aromatic carbocycles. The van der Waals surface area contributed by atoms with E-state index in [2.05, 4.69) is 64.7 Å². The molecule has 304 valence electrons. The minimum absolute atomic E-state index is 0.0556. The monoisotopic (exact) mass is 753 g/mol. The highest BCUT2D eigenvalue weighted by atomic mass is 16.5. The molecule has 3 heterocycles. The molecule has 1 aliphatic carbocycles. The summed E-state index contributed by atoms with van der Waals surface area (Å²) in [5, 5.41) is 15.8. The fraction of sp³-hybridized carbons (Fsp3) is 0.674. The van der Waals surface area contributed by atoms with E-state index in [0.29, 0.717) is 19.8 Å². The lowest BCUT2D eigenvalue weighted by molar-refractivity contribution is 0.111. The molecule has 1 atom stereocenters. The Morgan fingerprint density at radius 3 is 2.48 bits per heavy atom. The van der Waals surface area contributed by atoms with Crippen molar-refractivity contribution in [3.63, 3.8) is 0 Å². The van der Waals surface area contributed by atoms with Crippen molar-refractivity contribution in [1.29, 1.82) is 0 Å². The van der Waals surface area contributed by atoms with E-state index in [-0.39, 0.29) is 12.1 Å². The Morgan fingerprint density at radius 2 is 1.74 bits per heavy atom. The highest BCUT2D eigenvalue weighted by Crippen LogP contribution is 2.47. The van der Waals surface area contributed by atoms with Gasteiger partial charge >= 0.3 is 0 Å². The van der Waals surface area contributed by atoms with Gasteiger partial charge < -0.3 is 44.5 Å². The van der Waals surface area contributed by atoms with E-state index in [1.165, 1.54) is 24.0 Å². The maximum absolute atomic E-state index is 8.06. The van der Waals surface area contributed by atoms with Crippen LogP contribution in [0.1, 0.15) is 104 Å². The summed E-state index contributed by atoms with van der Waals surface area (Å²) in [5.74, 6) is 3.19. The fourth-order valence-electron chi connectivity index (χ4n) is 6.25. The van der Waals surface area contributed by atoms with Crippen molar-refractivity contribution in [2.24, 2.45) is 5.92 Å². The van der Waals surface area contributed by atoms with Crippen molar-refractivity contribution in [2.45, 2.75) is 105 Å². The molecule has 3 N–H and O–H groups in total. The highest BCUT2D eigenvalue weighted by Gasteiger charge is 2.31. The predicted molar refractivity (Wildman–Crippen MR) is 223 cm³/mol. The SMILES string of the molecule is CC.CC(C)O.CC1Nc2ncnc3c(c4c(cc23)N(CC2CC2)CCO4)OCCCCCN(C)CCCOCc2cccc1c2.CCOCCCNC. The van der Waals surface area contributed by atoms with Crippen LogP contribution in [0.5, 0.6) is 11.5 Å². The highest BCUT2D eigenvalue weighted by molar-refractivity contribution is 5.99. The van der Waals surface area contributed by atoms with E-state index >= 15 is 0 Å². The molecule has 2 aliphatic heterocycles. The van der Waals surface area contributed by atoms with Crippen molar-refractivity contribution >= 4 is 22.4 Å². The van der Waals surface area contributed by atoms with Gasteiger partial charge in [-0.15, -0.1) is 0 Å². The zero-order chi connectivity index (χ0) is 39.1. The Kier molecular flexibility index (Phi) is 21.6. The van der Waals surface area contributed by atoms with Crippen LogP contribution in [0.15, 0.2) is 36.7 Å². The zero-order valence-electron chi connectivity index (χ0n) is 34.8. The fourth-order valence-corrected chi connectivity index (χ4v) is 6.25. The first-order valence-corrected chi connectivity index (χ1v) is 20.6. The molecule has 1 saturated carbocycles. The van der Waals surface area contributed by atoms with Gasteiger partial charge in [-0.05, 0) is 123 Å². The molecule has 0 spiro atoms. The van der Waals surface area contributed by atoms with E-state index in [9.17, 15) is 0 Å². The molecule has 6 rings (SSSR count). The number of hydrogen-bond donors (Lipinski definition) is 3. The number of benzene rings is 2. The van der Waals surface area contributed by atoms with Crippen LogP contribution in [0.2, 0.25) is 0 Å². The zero-order valence-corrected chi connectivity index (χ0v) is 34.8. The lowest BCUT2D eigenvalue weighted by Crippen LogP contribution is -2.34. The Morgan fingerprint density at radius 1 is 0.981 bits per heavy atom. The van der Waals surface area contributed by atoms with E-state index in [0.717, 1.165) is 124 Å².